The molecule has 3 rings (SSSR count). The molecule has 0 spiro atoms. The second-order valence-corrected chi connectivity index (χ2v) is 8.01. The van der Waals surface area contributed by atoms with Crippen LogP contribution < -0.4 is 11.1 Å². The summed E-state index contributed by atoms with van der Waals surface area (Å²) < 4.78 is 11.8. The van der Waals surface area contributed by atoms with Gasteiger partial charge in [0, 0.05) is 23.7 Å². The molecule has 1 aromatic rings. The van der Waals surface area contributed by atoms with Gasteiger partial charge in [0.05, 0.1) is 24.1 Å². The molecule has 1 aliphatic carbocycles. The fraction of sp³-hybridized carbons (Fsp3) is 0.667. The molecule has 4 atom stereocenters. The van der Waals surface area contributed by atoms with Crippen LogP contribution in [0.2, 0.25) is 0 Å². The smallest absolute Gasteiger partial charge is 0.407 e. The van der Waals surface area contributed by atoms with E-state index in [4.69, 9.17) is 15.2 Å². The third-order valence-corrected chi connectivity index (χ3v) is 4.88. The molecule has 138 valence electrons. The van der Waals surface area contributed by atoms with E-state index in [1.807, 2.05) is 26.8 Å². The SMILES string of the molecule is CC(C)(C)NC(=O)O[C@H]1C[C@@H](c2ccncc2N)O[C@H]2CCC[C@]12O. The topological polar surface area (TPSA) is 107 Å². The van der Waals surface area contributed by atoms with Crippen LogP contribution in [0, 0.1) is 0 Å². The van der Waals surface area contributed by atoms with Gasteiger partial charge >= 0.3 is 6.09 Å². The van der Waals surface area contributed by atoms with Gasteiger partial charge in [0.2, 0.25) is 0 Å². The minimum absolute atomic E-state index is 0.334. The normalized spacial score (nSPS) is 32.1. The Kier molecular flexibility index (Phi) is 4.64. The molecular weight excluding hydrogens is 322 g/mol. The molecule has 7 heteroatoms. The number of aliphatic hydroxyl groups is 1. The Labute approximate surface area is 147 Å². The lowest BCUT2D eigenvalue weighted by molar-refractivity contribution is -0.215. The van der Waals surface area contributed by atoms with E-state index in [1.54, 1.807) is 12.4 Å². The van der Waals surface area contributed by atoms with Gasteiger partial charge in [0.1, 0.15) is 11.7 Å². The zero-order valence-electron chi connectivity index (χ0n) is 15.0. The second-order valence-electron chi connectivity index (χ2n) is 8.01. The molecule has 4 N–H and O–H groups in total. The van der Waals surface area contributed by atoms with Crippen LogP contribution in [0.5, 0.6) is 0 Å². The molecule has 0 radical (unpaired) electrons. The van der Waals surface area contributed by atoms with Gasteiger partial charge in [0.15, 0.2) is 0 Å². The highest BCUT2D eigenvalue weighted by Crippen LogP contribution is 2.47. The van der Waals surface area contributed by atoms with Crippen molar-refractivity contribution in [3.8, 4) is 0 Å². The molecule has 7 nitrogen and oxygen atoms in total. The Balaban J connectivity index is 1.81. The van der Waals surface area contributed by atoms with Crippen LogP contribution in [0.15, 0.2) is 18.5 Å². The van der Waals surface area contributed by atoms with Gasteiger partial charge in [-0.3, -0.25) is 4.98 Å². The quantitative estimate of drug-likeness (QED) is 0.756. The fourth-order valence-corrected chi connectivity index (χ4v) is 3.71. The molecule has 1 amide bonds. The molecule has 2 heterocycles. The number of nitrogens with one attached hydrogen (secondary N) is 1. The Morgan fingerprint density at radius 3 is 2.96 bits per heavy atom. The third kappa shape index (κ3) is 3.72. The maximum Gasteiger partial charge on any atom is 0.407 e. The number of nitrogens with zero attached hydrogens (tertiary/aromatic N) is 1. The molecule has 1 aliphatic heterocycles. The van der Waals surface area contributed by atoms with Crippen LogP contribution >= 0.6 is 0 Å². The first-order valence-electron chi connectivity index (χ1n) is 8.75. The van der Waals surface area contributed by atoms with Crippen molar-refractivity contribution >= 4 is 11.8 Å². The monoisotopic (exact) mass is 349 g/mol. The maximum atomic E-state index is 12.2. The summed E-state index contributed by atoms with van der Waals surface area (Å²) in [7, 11) is 0. The lowest BCUT2D eigenvalue weighted by Crippen LogP contribution is -2.57. The standard InChI is InChI=1S/C18H27N3O4/c1-17(2,3)21-16(22)25-15-9-13(11-6-8-20-10-12(11)19)24-14-5-4-7-18(14,15)23/h6,8,10,13-15,23H,4-5,7,9,19H2,1-3H3,(H,21,22)/t13-,14-,15-,18+/m0/s1. The van der Waals surface area contributed by atoms with Crippen molar-refractivity contribution in [2.24, 2.45) is 0 Å². The molecular formula is C18H27N3O4. The number of aromatic nitrogens is 1. The Morgan fingerprint density at radius 2 is 2.28 bits per heavy atom. The molecule has 0 aromatic carbocycles. The van der Waals surface area contributed by atoms with E-state index in [0.717, 1.165) is 18.4 Å². The average molecular weight is 349 g/mol. The molecule has 25 heavy (non-hydrogen) atoms. The summed E-state index contributed by atoms with van der Waals surface area (Å²) in [6.07, 6.45) is 3.85. The van der Waals surface area contributed by atoms with E-state index >= 15 is 0 Å². The molecule has 1 saturated carbocycles. The van der Waals surface area contributed by atoms with Gasteiger partial charge in [-0.15, -0.1) is 0 Å². The summed E-state index contributed by atoms with van der Waals surface area (Å²) in [5.74, 6) is 0. The predicted octanol–water partition coefficient (Wildman–Crippen LogP) is 2.30. The summed E-state index contributed by atoms with van der Waals surface area (Å²) in [6, 6.07) is 1.81. The minimum Gasteiger partial charge on any atom is -0.443 e. The number of carbonyl (C=O) groups is 1. The second kappa shape index (κ2) is 6.46. The van der Waals surface area contributed by atoms with Crippen LogP contribution in [-0.2, 0) is 9.47 Å². The van der Waals surface area contributed by atoms with Crippen molar-refractivity contribution in [3.05, 3.63) is 24.0 Å². The highest BCUT2D eigenvalue weighted by Gasteiger charge is 2.55. The van der Waals surface area contributed by atoms with Crippen LogP contribution in [-0.4, -0.2) is 39.5 Å². The third-order valence-electron chi connectivity index (χ3n) is 4.88. The number of anilines is 1. The number of rotatable bonds is 2. The Morgan fingerprint density at radius 1 is 1.52 bits per heavy atom. The van der Waals surface area contributed by atoms with E-state index < -0.39 is 23.3 Å². The number of ether oxygens (including phenoxy) is 2. The van der Waals surface area contributed by atoms with Crippen molar-refractivity contribution in [3.63, 3.8) is 0 Å². The van der Waals surface area contributed by atoms with Gasteiger partial charge in [-0.2, -0.15) is 0 Å². The number of amides is 1. The van der Waals surface area contributed by atoms with E-state index in [-0.39, 0.29) is 12.2 Å². The van der Waals surface area contributed by atoms with Gasteiger partial charge in [0.25, 0.3) is 0 Å². The molecule has 2 aliphatic rings. The van der Waals surface area contributed by atoms with Gasteiger partial charge in [-0.25, -0.2) is 4.79 Å². The summed E-state index contributed by atoms with van der Waals surface area (Å²) in [5.41, 5.74) is 5.82. The van der Waals surface area contributed by atoms with Crippen LogP contribution in [0.25, 0.3) is 0 Å². The molecule has 1 saturated heterocycles. The van der Waals surface area contributed by atoms with Crippen molar-refractivity contribution in [2.45, 2.75) is 75.9 Å². The van der Waals surface area contributed by atoms with Crippen LogP contribution in [0.1, 0.15) is 58.1 Å². The van der Waals surface area contributed by atoms with Crippen molar-refractivity contribution in [2.75, 3.05) is 5.73 Å². The largest absolute Gasteiger partial charge is 0.443 e. The van der Waals surface area contributed by atoms with Crippen molar-refractivity contribution in [1.29, 1.82) is 0 Å². The lowest BCUT2D eigenvalue weighted by Gasteiger charge is -2.44. The Hall–Kier alpha value is -1.86. The van der Waals surface area contributed by atoms with E-state index in [9.17, 15) is 9.90 Å². The van der Waals surface area contributed by atoms with Gasteiger partial charge in [-0.05, 0) is 46.1 Å². The fourth-order valence-electron chi connectivity index (χ4n) is 3.71. The highest BCUT2D eigenvalue weighted by molar-refractivity contribution is 5.68. The summed E-state index contributed by atoms with van der Waals surface area (Å²) in [5, 5.41) is 13.9. The number of hydrogen-bond acceptors (Lipinski definition) is 6. The minimum atomic E-state index is -1.15. The van der Waals surface area contributed by atoms with E-state index in [2.05, 4.69) is 10.3 Å². The summed E-state index contributed by atoms with van der Waals surface area (Å²) in [6.45, 7) is 5.64. The maximum absolute atomic E-state index is 12.2. The lowest BCUT2D eigenvalue weighted by atomic mass is 9.84. The molecule has 2 fully saturated rings. The zero-order valence-corrected chi connectivity index (χ0v) is 15.0. The summed E-state index contributed by atoms with van der Waals surface area (Å²) >= 11 is 0. The molecule has 0 bridgehead atoms. The molecule has 0 unspecified atom stereocenters. The Bertz CT molecular complexity index is 645. The number of pyridine rings is 1. The number of hydrogen-bond donors (Lipinski definition) is 3. The van der Waals surface area contributed by atoms with E-state index in [0.29, 0.717) is 18.5 Å². The summed E-state index contributed by atoms with van der Waals surface area (Å²) in [4.78, 5) is 16.3. The molecule has 1 aromatic heterocycles. The van der Waals surface area contributed by atoms with Gasteiger partial charge < -0.3 is 25.6 Å². The first-order valence-corrected chi connectivity index (χ1v) is 8.75. The number of carbonyl (C=O) groups excluding carboxylic acids is 1. The van der Waals surface area contributed by atoms with Crippen molar-refractivity contribution in [1.82, 2.24) is 10.3 Å². The average Bonchev–Trinajstić information content (AvgIpc) is 2.88. The van der Waals surface area contributed by atoms with Crippen LogP contribution in [0.3, 0.4) is 0 Å². The number of nitrogens with two attached hydrogens (primary N) is 1. The number of fused-ring (bicyclic) bond motifs is 1. The first-order chi connectivity index (χ1) is 11.7. The van der Waals surface area contributed by atoms with Crippen LogP contribution in [0.4, 0.5) is 10.5 Å². The van der Waals surface area contributed by atoms with E-state index in [1.165, 1.54) is 0 Å². The van der Waals surface area contributed by atoms with Crippen molar-refractivity contribution < 1.29 is 19.4 Å². The first kappa shape index (κ1) is 17.9. The van der Waals surface area contributed by atoms with Gasteiger partial charge in [-0.1, -0.05) is 0 Å². The zero-order chi connectivity index (χ0) is 18.2. The highest BCUT2D eigenvalue weighted by atomic mass is 16.6. The number of alkyl carbamates (subject to hydrolysis) is 1. The number of nitrogen functional groups attached to an aromatic ring is 1. The predicted molar refractivity (Wildman–Crippen MR) is 92.8 cm³/mol.